The molecule has 212 valence electrons. The van der Waals surface area contributed by atoms with Gasteiger partial charge in [0.2, 0.25) is 0 Å². The summed E-state index contributed by atoms with van der Waals surface area (Å²) in [4.78, 5) is 0. The first kappa shape index (κ1) is 25.4. The van der Waals surface area contributed by atoms with Gasteiger partial charge >= 0.3 is 0 Å². The van der Waals surface area contributed by atoms with Crippen LogP contribution in [0.25, 0.3) is 98.7 Å². The molecule has 0 heterocycles. The van der Waals surface area contributed by atoms with Gasteiger partial charge in [0.05, 0.1) is 0 Å². The normalized spacial score (nSPS) is 11.9. The van der Waals surface area contributed by atoms with Gasteiger partial charge in [-0.05, 0) is 105 Å². The van der Waals surface area contributed by atoms with E-state index in [4.69, 9.17) is 0 Å². The first-order chi connectivity index (χ1) is 22.8. The van der Waals surface area contributed by atoms with Crippen molar-refractivity contribution in [2.24, 2.45) is 0 Å². The number of hydrogen-bond acceptors (Lipinski definition) is 0. The third-order valence-corrected chi connectivity index (χ3v) is 10.0. The molecule has 0 fully saturated rings. The van der Waals surface area contributed by atoms with Crippen LogP contribution in [0.3, 0.4) is 0 Å². The molecule has 9 aromatic rings. The lowest BCUT2D eigenvalue weighted by Crippen LogP contribution is -1.93. The highest BCUT2D eigenvalue weighted by atomic mass is 14.3. The third kappa shape index (κ3) is 3.56. The van der Waals surface area contributed by atoms with Gasteiger partial charge < -0.3 is 0 Å². The molecule has 0 aliphatic heterocycles. The van der Waals surface area contributed by atoms with E-state index >= 15 is 0 Å². The van der Waals surface area contributed by atoms with Gasteiger partial charge in [-0.25, -0.2) is 0 Å². The topological polar surface area (TPSA) is 0 Å². The van der Waals surface area contributed by atoms with Gasteiger partial charge in [-0.1, -0.05) is 164 Å². The van der Waals surface area contributed by atoms with Crippen molar-refractivity contribution in [3.63, 3.8) is 0 Å². The van der Waals surface area contributed by atoms with Gasteiger partial charge in [0, 0.05) is 0 Å². The van der Waals surface area contributed by atoms with Crippen molar-refractivity contribution >= 4 is 43.1 Å². The number of hydrogen-bond donors (Lipinski definition) is 0. The number of rotatable bonds is 3. The first-order valence-corrected chi connectivity index (χ1v) is 16.0. The van der Waals surface area contributed by atoms with E-state index in [0.717, 1.165) is 0 Å². The lowest BCUT2D eigenvalue weighted by Gasteiger charge is -2.20. The predicted molar refractivity (Wildman–Crippen MR) is 197 cm³/mol. The van der Waals surface area contributed by atoms with Crippen LogP contribution in [-0.4, -0.2) is 0 Å². The fraction of sp³-hybridized carbons (Fsp3) is 0. The molecule has 46 heavy (non-hydrogen) atoms. The average molecular weight is 581 g/mol. The van der Waals surface area contributed by atoms with Gasteiger partial charge in [-0.2, -0.15) is 0 Å². The van der Waals surface area contributed by atoms with Gasteiger partial charge in [0.25, 0.3) is 0 Å². The Morgan fingerprint density at radius 3 is 1.61 bits per heavy atom. The van der Waals surface area contributed by atoms with Crippen molar-refractivity contribution in [2.75, 3.05) is 0 Å². The molecule has 0 bridgehead atoms. The summed E-state index contributed by atoms with van der Waals surface area (Å²) in [6, 6.07) is 62.8. The maximum Gasteiger partial charge on any atom is -0.00199 e. The van der Waals surface area contributed by atoms with E-state index in [-0.39, 0.29) is 0 Å². The fourth-order valence-electron chi connectivity index (χ4n) is 8.06. The third-order valence-electron chi connectivity index (χ3n) is 10.0. The predicted octanol–water partition coefficient (Wildman–Crippen LogP) is 12.9. The van der Waals surface area contributed by atoms with Crippen LogP contribution in [0.5, 0.6) is 0 Å². The molecule has 0 N–H and O–H groups in total. The quantitative estimate of drug-likeness (QED) is 0.182. The van der Waals surface area contributed by atoms with Gasteiger partial charge in [0.1, 0.15) is 0 Å². The van der Waals surface area contributed by atoms with Crippen LogP contribution < -0.4 is 0 Å². The van der Waals surface area contributed by atoms with Crippen LogP contribution in [0.4, 0.5) is 0 Å². The van der Waals surface area contributed by atoms with E-state index in [2.05, 4.69) is 170 Å². The number of fused-ring (bicyclic) bond motifs is 6. The van der Waals surface area contributed by atoms with Crippen LogP contribution >= 0.6 is 0 Å². The molecule has 0 unspecified atom stereocenters. The Morgan fingerprint density at radius 2 is 0.783 bits per heavy atom. The molecule has 0 saturated heterocycles. The zero-order valence-electron chi connectivity index (χ0n) is 25.2. The molecule has 0 nitrogen and oxygen atoms in total. The van der Waals surface area contributed by atoms with E-state index < -0.39 is 0 Å². The van der Waals surface area contributed by atoms with E-state index in [1.165, 1.54) is 98.7 Å². The molecule has 0 atom stereocenters. The standard InChI is InChI=1S/C46H28/c1-2-13-30(14-3-1)44-37-19-8-9-20-38(37)46(41-27-26-40-35-18-7-6-17-34(35)36-22-11-23-39(41)45(36)40)43-28-31(24-25-42(43)44)33-21-10-15-29-12-4-5-16-32(29)33/h1-28H. The Balaban J connectivity index is 1.37. The molecular weight excluding hydrogens is 553 g/mol. The summed E-state index contributed by atoms with van der Waals surface area (Å²) >= 11 is 0. The smallest absolute Gasteiger partial charge is 0.00199 e. The van der Waals surface area contributed by atoms with Gasteiger partial charge in [-0.3, -0.25) is 0 Å². The Hall–Kier alpha value is -5.98. The Morgan fingerprint density at radius 1 is 0.239 bits per heavy atom. The summed E-state index contributed by atoms with van der Waals surface area (Å²) < 4.78 is 0. The van der Waals surface area contributed by atoms with Crippen LogP contribution in [0.2, 0.25) is 0 Å². The zero-order valence-corrected chi connectivity index (χ0v) is 25.2. The van der Waals surface area contributed by atoms with Crippen LogP contribution in [-0.2, 0) is 0 Å². The van der Waals surface area contributed by atoms with Gasteiger partial charge in [-0.15, -0.1) is 0 Å². The molecule has 9 aromatic carbocycles. The second-order valence-electron chi connectivity index (χ2n) is 12.4. The largest absolute Gasteiger partial charge is 0.0622 e. The summed E-state index contributed by atoms with van der Waals surface area (Å²) in [5, 5.41) is 10.3. The zero-order chi connectivity index (χ0) is 30.2. The summed E-state index contributed by atoms with van der Waals surface area (Å²) in [6.07, 6.45) is 0. The Bertz CT molecular complexity index is 2640. The van der Waals surface area contributed by atoms with E-state index in [1.54, 1.807) is 0 Å². The minimum absolute atomic E-state index is 1.23. The summed E-state index contributed by atoms with van der Waals surface area (Å²) in [5.41, 5.74) is 12.9. The van der Waals surface area contributed by atoms with Crippen molar-refractivity contribution in [3.8, 4) is 55.6 Å². The van der Waals surface area contributed by atoms with Crippen molar-refractivity contribution in [1.82, 2.24) is 0 Å². The van der Waals surface area contributed by atoms with Crippen LogP contribution in [0, 0.1) is 0 Å². The lowest BCUT2D eigenvalue weighted by atomic mass is 9.83. The monoisotopic (exact) mass is 580 g/mol. The Labute approximate surface area is 267 Å². The van der Waals surface area contributed by atoms with E-state index in [9.17, 15) is 0 Å². The summed E-state index contributed by atoms with van der Waals surface area (Å²) in [5.74, 6) is 0. The molecule has 0 saturated carbocycles. The van der Waals surface area contributed by atoms with E-state index in [0.29, 0.717) is 0 Å². The molecule has 0 heteroatoms. The van der Waals surface area contributed by atoms with Crippen LogP contribution in [0.15, 0.2) is 170 Å². The molecule has 10 rings (SSSR count). The molecule has 0 aromatic heterocycles. The minimum atomic E-state index is 1.23. The van der Waals surface area contributed by atoms with Crippen LogP contribution in [0.1, 0.15) is 0 Å². The van der Waals surface area contributed by atoms with Gasteiger partial charge in [0.15, 0.2) is 0 Å². The maximum atomic E-state index is 2.45. The van der Waals surface area contributed by atoms with Crippen molar-refractivity contribution in [2.45, 2.75) is 0 Å². The fourth-order valence-corrected chi connectivity index (χ4v) is 8.06. The van der Waals surface area contributed by atoms with Crippen molar-refractivity contribution in [3.05, 3.63) is 170 Å². The van der Waals surface area contributed by atoms with Crippen molar-refractivity contribution in [1.29, 1.82) is 0 Å². The second kappa shape index (κ2) is 9.76. The van der Waals surface area contributed by atoms with E-state index in [1.807, 2.05) is 0 Å². The molecule has 1 aliphatic rings. The molecular formula is C46H28. The molecule has 1 aliphatic carbocycles. The average Bonchev–Trinajstić information content (AvgIpc) is 3.46. The Kier molecular flexibility index (Phi) is 5.38. The minimum Gasteiger partial charge on any atom is -0.0622 e. The maximum absolute atomic E-state index is 2.45. The highest BCUT2D eigenvalue weighted by Crippen LogP contribution is 2.52. The molecule has 0 radical (unpaired) electrons. The molecule has 0 spiro atoms. The lowest BCUT2D eigenvalue weighted by molar-refractivity contribution is 1.65. The summed E-state index contributed by atoms with van der Waals surface area (Å²) in [7, 11) is 0. The summed E-state index contributed by atoms with van der Waals surface area (Å²) in [6.45, 7) is 0. The number of benzene rings is 9. The highest BCUT2D eigenvalue weighted by Gasteiger charge is 2.24. The first-order valence-electron chi connectivity index (χ1n) is 16.0. The van der Waals surface area contributed by atoms with Crippen molar-refractivity contribution < 1.29 is 0 Å². The molecule has 0 amide bonds. The second-order valence-corrected chi connectivity index (χ2v) is 12.4. The highest BCUT2D eigenvalue weighted by molar-refractivity contribution is 6.26. The SMILES string of the molecule is c1ccc(-c2c3ccccc3c(-c3ccc4c5c(cccc35)-c3ccccc3-4)c3cc(-c4cccc5ccccc45)ccc23)cc1.